The number of carbonyl (C=O) groups is 1. The smallest absolute Gasteiger partial charge is 0.328 e. The average molecular weight is 492 g/mol. The largest absolute Gasteiger partial charge is 0.496 e. The van der Waals surface area contributed by atoms with Crippen LogP contribution in [-0.4, -0.2) is 49.3 Å². The third kappa shape index (κ3) is 5.78. The predicted octanol–water partition coefficient (Wildman–Crippen LogP) is 6.67. The highest BCUT2D eigenvalue weighted by atomic mass is 16.5. The zero-order valence-corrected chi connectivity index (χ0v) is 22.5. The van der Waals surface area contributed by atoms with E-state index in [2.05, 4.69) is 44.7 Å². The molecule has 0 spiro atoms. The van der Waals surface area contributed by atoms with Gasteiger partial charge >= 0.3 is 5.97 Å². The average Bonchev–Trinajstić information content (AvgIpc) is 2.86. The summed E-state index contributed by atoms with van der Waals surface area (Å²) in [4.78, 5) is 13.6. The lowest BCUT2D eigenvalue weighted by molar-refractivity contribution is -0.131. The molecule has 0 bridgehead atoms. The number of nitrogens with zero attached hydrogens (tertiary/aromatic N) is 1. The first kappa shape index (κ1) is 26.3. The molecule has 5 nitrogen and oxygen atoms in total. The molecule has 0 amide bonds. The highest BCUT2D eigenvalue weighted by Gasteiger charge is 2.38. The van der Waals surface area contributed by atoms with Crippen LogP contribution in [0, 0.1) is 0 Å². The summed E-state index contributed by atoms with van der Waals surface area (Å²) < 4.78 is 12.3. The number of piperidine rings is 1. The van der Waals surface area contributed by atoms with Gasteiger partial charge in [-0.15, -0.1) is 0 Å². The summed E-state index contributed by atoms with van der Waals surface area (Å²) >= 11 is 0. The van der Waals surface area contributed by atoms with Gasteiger partial charge in [-0.1, -0.05) is 40.2 Å². The Hall–Kier alpha value is -2.79. The normalized spacial score (nSPS) is 19.1. The topological polar surface area (TPSA) is 59.0 Å². The van der Waals surface area contributed by atoms with Crippen molar-refractivity contribution < 1.29 is 19.4 Å². The van der Waals surface area contributed by atoms with Gasteiger partial charge in [-0.2, -0.15) is 0 Å². The number of fused-ring (bicyclic) bond motifs is 1. The van der Waals surface area contributed by atoms with Gasteiger partial charge in [0.2, 0.25) is 0 Å². The first-order valence-corrected chi connectivity index (χ1v) is 13.2. The molecule has 0 unspecified atom stereocenters. The van der Waals surface area contributed by atoms with Crippen molar-refractivity contribution in [2.24, 2.45) is 0 Å². The number of methoxy groups -OCH3 is 1. The molecular weight excluding hydrogens is 450 g/mol. The van der Waals surface area contributed by atoms with Crippen LogP contribution in [0.15, 0.2) is 36.4 Å². The highest BCUT2D eigenvalue weighted by molar-refractivity contribution is 5.86. The van der Waals surface area contributed by atoms with E-state index in [-0.39, 0.29) is 10.8 Å². The molecule has 0 saturated carbocycles. The van der Waals surface area contributed by atoms with Gasteiger partial charge in [-0.05, 0) is 96.6 Å². The summed E-state index contributed by atoms with van der Waals surface area (Å²) in [5.74, 6) is 0.650. The van der Waals surface area contributed by atoms with Gasteiger partial charge in [0, 0.05) is 23.7 Å². The first-order chi connectivity index (χ1) is 17.1. The van der Waals surface area contributed by atoms with Gasteiger partial charge in [-0.3, -0.25) is 4.90 Å². The molecule has 194 valence electrons. The fourth-order valence-corrected chi connectivity index (χ4v) is 5.60. The lowest BCUT2D eigenvalue weighted by Crippen LogP contribution is -2.34. The Bertz CT molecular complexity index is 1130. The van der Waals surface area contributed by atoms with E-state index in [1.807, 2.05) is 18.2 Å². The molecule has 0 aromatic heterocycles. The number of benzene rings is 2. The van der Waals surface area contributed by atoms with E-state index in [9.17, 15) is 4.79 Å². The molecule has 1 heterocycles. The minimum Gasteiger partial charge on any atom is -0.496 e. The zero-order valence-electron chi connectivity index (χ0n) is 22.5. The SMILES string of the molecule is COc1ccc(C=CC(=O)O)cc1-c1cc2c(cc1OCCN1CCCCC1)C(C)(C)CCC2(C)C. The molecule has 2 aromatic carbocycles. The van der Waals surface area contributed by atoms with Crippen molar-refractivity contribution in [1.29, 1.82) is 0 Å². The van der Waals surface area contributed by atoms with Gasteiger partial charge in [0.15, 0.2) is 0 Å². The zero-order chi connectivity index (χ0) is 25.9. The second kappa shape index (κ2) is 10.7. The summed E-state index contributed by atoms with van der Waals surface area (Å²) in [5, 5.41) is 9.11. The molecule has 1 saturated heterocycles. The summed E-state index contributed by atoms with van der Waals surface area (Å²) in [7, 11) is 1.67. The van der Waals surface area contributed by atoms with Crippen LogP contribution in [0.3, 0.4) is 0 Å². The third-order valence-electron chi connectivity index (χ3n) is 8.00. The molecule has 36 heavy (non-hydrogen) atoms. The standard InChI is InChI=1S/C31H41NO4/c1-30(2)13-14-31(3,4)26-21-28(36-18-17-32-15-7-6-8-16-32)24(20-25(26)30)23-19-22(10-12-29(33)34)9-11-27(23)35-5/h9-12,19-21H,6-8,13-18H2,1-5H3,(H,33,34). The van der Waals surface area contributed by atoms with E-state index in [0.29, 0.717) is 6.61 Å². The van der Waals surface area contributed by atoms with Crippen LogP contribution in [0.2, 0.25) is 0 Å². The van der Waals surface area contributed by atoms with Crippen molar-refractivity contribution in [3.8, 4) is 22.6 Å². The van der Waals surface area contributed by atoms with E-state index in [4.69, 9.17) is 14.6 Å². The van der Waals surface area contributed by atoms with E-state index in [1.165, 1.54) is 36.5 Å². The summed E-state index contributed by atoms with van der Waals surface area (Å²) in [5.41, 5.74) is 5.57. The molecule has 1 aliphatic carbocycles. The molecule has 1 fully saturated rings. The number of carboxylic acids is 1. The molecule has 2 aliphatic rings. The van der Waals surface area contributed by atoms with E-state index < -0.39 is 5.97 Å². The van der Waals surface area contributed by atoms with Gasteiger partial charge in [0.05, 0.1) is 7.11 Å². The number of hydrogen-bond donors (Lipinski definition) is 1. The van der Waals surface area contributed by atoms with Crippen LogP contribution in [0.1, 0.15) is 76.5 Å². The van der Waals surface area contributed by atoms with Crippen molar-refractivity contribution >= 4 is 12.0 Å². The Kier molecular flexibility index (Phi) is 7.79. The molecule has 0 atom stereocenters. The minimum absolute atomic E-state index is 0.0555. The quantitative estimate of drug-likeness (QED) is 0.418. The van der Waals surface area contributed by atoms with E-state index in [1.54, 1.807) is 13.2 Å². The van der Waals surface area contributed by atoms with Crippen molar-refractivity contribution in [1.82, 2.24) is 4.90 Å². The summed E-state index contributed by atoms with van der Waals surface area (Å²) in [6, 6.07) is 10.3. The number of ether oxygens (including phenoxy) is 2. The molecule has 5 heteroatoms. The Morgan fingerprint density at radius 1 is 0.944 bits per heavy atom. The Morgan fingerprint density at radius 3 is 2.22 bits per heavy atom. The fourth-order valence-electron chi connectivity index (χ4n) is 5.60. The maximum Gasteiger partial charge on any atom is 0.328 e. The minimum atomic E-state index is -0.966. The molecule has 2 aromatic rings. The molecule has 1 N–H and O–H groups in total. The Balaban J connectivity index is 1.80. The second-order valence-electron chi connectivity index (χ2n) is 11.5. The van der Waals surface area contributed by atoms with E-state index in [0.717, 1.165) is 60.7 Å². The van der Waals surface area contributed by atoms with Gasteiger partial charge in [-0.25, -0.2) is 4.79 Å². The Morgan fingerprint density at radius 2 is 1.58 bits per heavy atom. The van der Waals surface area contributed by atoms with Crippen LogP contribution in [0.4, 0.5) is 0 Å². The molecule has 4 rings (SSSR count). The van der Waals surface area contributed by atoms with Crippen molar-refractivity contribution in [2.45, 2.75) is 70.6 Å². The van der Waals surface area contributed by atoms with Gasteiger partial charge < -0.3 is 14.6 Å². The van der Waals surface area contributed by atoms with Crippen LogP contribution in [0.25, 0.3) is 17.2 Å². The highest BCUT2D eigenvalue weighted by Crippen LogP contribution is 2.50. The molecule has 0 radical (unpaired) electrons. The third-order valence-corrected chi connectivity index (χ3v) is 8.00. The van der Waals surface area contributed by atoms with Crippen LogP contribution in [-0.2, 0) is 15.6 Å². The van der Waals surface area contributed by atoms with Crippen molar-refractivity contribution in [2.75, 3.05) is 33.4 Å². The summed E-state index contributed by atoms with van der Waals surface area (Å²) in [6.07, 6.45) is 8.90. The van der Waals surface area contributed by atoms with Crippen LogP contribution < -0.4 is 9.47 Å². The number of likely N-dealkylation sites (tertiary alicyclic amines) is 1. The monoisotopic (exact) mass is 491 g/mol. The first-order valence-electron chi connectivity index (χ1n) is 13.2. The van der Waals surface area contributed by atoms with Crippen LogP contribution in [0.5, 0.6) is 11.5 Å². The second-order valence-corrected chi connectivity index (χ2v) is 11.5. The predicted molar refractivity (Wildman–Crippen MR) is 146 cm³/mol. The molecule has 1 aliphatic heterocycles. The number of hydrogen-bond acceptors (Lipinski definition) is 4. The number of carboxylic acid groups (broad SMARTS) is 1. The fraction of sp³-hybridized carbons (Fsp3) is 0.516. The van der Waals surface area contributed by atoms with Crippen molar-refractivity contribution in [3.05, 3.63) is 53.1 Å². The lowest BCUT2D eigenvalue weighted by atomic mass is 9.62. The maximum absolute atomic E-state index is 11.1. The number of rotatable bonds is 8. The molecular formula is C31H41NO4. The lowest BCUT2D eigenvalue weighted by Gasteiger charge is -2.42. The maximum atomic E-state index is 11.1. The summed E-state index contributed by atoms with van der Waals surface area (Å²) in [6.45, 7) is 13.2. The van der Waals surface area contributed by atoms with Crippen LogP contribution >= 0.6 is 0 Å². The number of aliphatic carboxylic acids is 1. The van der Waals surface area contributed by atoms with E-state index >= 15 is 0 Å². The van der Waals surface area contributed by atoms with Gasteiger partial charge in [0.25, 0.3) is 0 Å². The van der Waals surface area contributed by atoms with Gasteiger partial charge in [0.1, 0.15) is 18.1 Å². The Labute approximate surface area is 216 Å². The van der Waals surface area contributed by atoms with Crippen molar-refractivity contribution in [3.63, 3.8) is 0 Å².